The average molecular weight is 404 g/mol. The number of benzene rings is 4. The van der Waals surface area contributed by atoms with Crippen molar-refractivity contribution in [3.8, 4) is 11.1 Å². The highest BCUT2D eigenvalue weighted by molar-refractivity contribution is 6.34. The van der Waals surface area contributed by atoms with Gasteiger partial charge in [-0.3, -0.25) is 4.98 Å². The van der Waals surface area contributed by atoms with Gasteiger partial charge < -0.3 is 0 Å². The molecule has 1 aromatic heterocycles. The second-order valence-electron chi connectivity index (χ2n) is 7.71. The summed E-state index contributed by atoms with van der Waals surface area (Å²) in [4.78, 5) is 5.19. The van der Waals surface area contributed by atoms with Crippen LogP contribution in [-0.2, 0) is 5.41 Å². The quantitative estimate of drug-likeness (QED) is 0.296. The summed E-state index contributed by atoms with van der Waals surface area (Å²) in [6.07, 6.45) is 0. The Morgan fingerprint density at radius 2 is 1.33 bits per heavy atom. The molecule has 1 heterocycles. The summed E-state index contributed by atoms with van der Waals surface area (Å²) in [5.74, 6) is 0. The Morgan fingerprint density at radius 3 is 2.23 bits per heavy atom. The maximum Gasteiger partial charge on any atom is 0.0886 e. The molecule has 1 aliphatic rings. The van der Waals surface area contributed by atoms with Crippen LogP contribution in [0.5, 0.6) is 0 Å². The Bertz CT molecular complexity index is 1410. The van der Waals surface area contributed by atoms with E-state index in [9.17, 15) is 0 Å². The van der Waals surface area contributed by atoms with Crippen LogP contribution >= 0.6 is 11.6 Å². The van der Waals surface area contributed by atoms with E-state index in [2.05, 4.69) is 91.0 Å². The number of rotatable bonds is 2. The SMILES string of the molecule is Clc1cccc2c1-c1ccccc1C2(c1ccccc1)c1ccc2ccccc2n1. The van der Waals surface area contributed by atoms with Crippen molar-refractivity contribution in [1.82, 2.24) is 4.98 Å². The minimum Gasteiger partial charge on any atom is -0.251 e. The summed E-state index contributed by atoms with van der Waals surface area (Å²) in [7, 11) is 0. The van der Waals surface area contributed by atoms with E-state index in [4.69, 9.17) is 16.6 Å². The molecule has 142 valence electrons. The first-order valence-electron chi connectivity index (χ1n) is 10.1. The Labute approximate surface area is 180 Å². The number of nitrogens with zero attached hydrogens (tertiary/aromatic N) is 1. The number of para-hydroxylation sites is 1. The van der Waals surface area contributed by atoms with Gasteiger partial charge in [-0.25, -0.2) is 0 Å². The Hall–Kier alpha value is -3.42. The molecule has 30 heavy (non-hydrogen) atoms. The predicted molar refractivity (Wildman–Crippen MR) is 124 cm³/mol. The Morgan fingerprint density at radius 1 is 0.600 bits per heavy atom. The van der Waals surface area contributed by atoms with Gasteiger partial charge in [0.2, 0.25) is 0 Å². The van der Waals surface area contributed by atoms with E-state index >= 15 is 0 Å². The molecule has 0 aliphatic heterocycles. The molecule has 6 rings (SSSR count). The van der Waals surface area contributed by atoms with Crippen LogP contribution in [0.25, 0.3) is 22.0 Å². The van der Waals surface area contributed by atoms with Gasteiger partial charge in [0.05, 0.1) is 16.6 Å². The summed E-state index contributed by atoms with van der Waals surface area (Å²) in [6, 6.07) is 38.1. The van der Waals surface area contributed by atoms with Gasteiger partial charge in [0.15, 0.2) is 0 Å². The van der Waals surface area contributed by atoms with Crippen LogP contribution in [0.3, 0.4) is 0 Å². The fourth-order valence-electron chi connectivity index (χ4n) is 4.98. The molecule has 0 N–H and O–H groups in total. The van der Waals surface area contributed by atoms with Crippen molar-refractivity contribution in [3.63, 3.8) is 0 Å². The zero-order chi connectivity index (χ0) is 20.1. The van der Waals surface area contributed by atoms with Crippen LogP contribution in [0.2, 0.25) is 5.02 Å². The van der Waals surface area contributed by atoms with E-state index in [-0.39, 0.29) is 0 Å². The first-order valence-corrected chi connectivity index (χ1v) is 10.5. The van der Waals surface area contributed by atoms with Crippen molar-refractivity contribution in [2.75, 3.05) is 0 Å². The van der Waals surface area contributed by atoms with Gasteiger partial charge in [0.1, 0.15) is 0 Å². The number of hydrogen-bond donors (Lipinski definition) is 0. The molecule has 0 radical (unpaired) electrons. The third-order valence-electron chi connectivity index (χ3n) is 6.21. The van der Waals surface area contributed by atoms with Crippen molar-refractivity contribution in [3.05, 3.63) is 137 Å². The number of halogens is 1. The van der Waals surface area contributed by atoms with Gasteiger partial charge in [-0.1, -0.05) is 103 Å². The predicted octanol–water partition coefficient (Wildman–Crippen LogP) is 7.25. The average Bonchev–Trinajstić information content (AvgIpc) is 3.12. The molecule has 0 saturated heterocycles. The van der Waals surface area contributed by atoms with E-state index in [1.54, 1.807) is 0 Å². The maximum atomic E-state index is 6.77. The van der Waals surface area contributed by atoms with E-state index < -0.39 is 5.41 Å². The fourth-order valence-corrected chi connectivity index (χ4v) is 5.26. The van der Waals surface area contributed by atoms with Crippen molar-refractivity contribution >= 4 is 22.5 Å². The van der Waals surface area contributed by atoms with Crippen molar-refractivity contribution in [2.24, 2.45) is 0 Å². The van der Waals surface area contributed by atoms with E-state index in [1.807, 2.05) is 18.2 Å². The second-order valence-corrected chi connectivity index (χ2v) is 8.12. The summed E-state index contributed by atoms with van der Waals surface area (Å²) in [6.45, 7) is 0. The Kier molecular flexibility index (Phi) is 3.81. The monoisotopic (exact) mass is 403 g/mol. The van der Waals surface area contributed by atoms with E-state index in [0.29, 0.717) is 0 Å². The fraction of sp³-hybridized carbons (Fsp3) is 0.0357. The second kappa shape index (κ2) is 6.55. The summed E-state index contributed by atoms with van der Waals surface area (Å²) < 4.78 is 0. The van der Waals surface area contributed by atoms with Crippen LogP contribution in [0.4, 0.5) is 0 Å². The molecule has 0 amide bonds. The van der Waals surface area contributed by atoms with Crippen LogP contribution in [0.1, 0.15) is 22.4 Å². The maximum absolute atomic E-state index is 6.77. The molecular weight excluding hydrogens is 386 g/mol. The van der Waals surface area contributed by atoms with Crippen molar-refractivity contribution in [2.45, 2.75) is 5.41 Å². The standard InChI is InChI=1S/C28H18ClN/c29-24-15-8-14-23-27(24)21-12-5-6-13-22(21)28(23,20-10-2-1-3-11-20)26-18-17-19-9-4-7-16-25(19)30-26/h1-18H. The number of fused-ring (bicyclic) bond motifs is 4. The molecule has 1 atom stereocenters. The number of hydrogen-bond acceptors (Lipinski definition) is 1. The Balaban J connectivity index is 1.81. The molecule has 0 saturated carbocycles. The van der Waals surface area contributed by atoms with E-state index in [0.717, 1.165) is 27.2 Å². The molecule has 1 unspecified atom stereocenters. The van der Waals surface area contributed by atoms with E-state index in [1.165, 1.54) is 22.3 Å². The summed E-state index contributed by atoms with van der Waals surface area (Å²) in [5.41, 5.74) is 7.39. The number of aromatic nitrogens is 1. The zero-order valence-electron chi connectivity index (χ0n) is 16.2. The van der Waals surface area contributed by atoms with Gasteiger partial charge in [-0.2, -0.15) is 0 Å². The molecule has 1 aliphatic carbocycles. The third-order valence-corrected chi connectivity index (χ3v) is 6.52. The highest BCUT2D eigenvalue weighted by Gasteiger charge is 2.47. The molecular formula is C28H18ClN. The molecule has 5 aromatic rings. The van der Waals surface area contributed by atoms with Crippen LogP contribution in [-0.4, -0.2) is 4.98 Å². The third kappa shape index (κ3) is 2.27. The minimum absolute atomic E-state index is 0.512. The van der Waals surface area contributed by atoms with Gasteiger partial charge in [-0.15, -0.1) is 0 Å². The topological polar surface area (TPSA) is 12.9 Å². The summed E-state index contributed by atoms with van der Waals surface area (Å²) >= 11 is 6.77. The van der Waals surface area contributed by atoms with Gasteiger partial charge in [0.25, 0.3) is 0 Å². The molecule has 0 fully saturated rings. The lowest BCUT2D eigenvalue weighted by Gasteiger charge is -2.32. The van der Waals surface area contributed by atoms with Gasteiger partial charge in [-0.05, 0) is 40.5 Å². The van der Waals surface area contributed by atoms with Crippen LogP contribution in [0.15, 0.2) is 109 Å². The molecule has 2 heteroatoms. The normalized spacial score (nSPS) is 17.0. The van der Waals surface area contributed by atoms with Crippen molar-refractivity contribution in [1.29, 1.82) is 0 Å². The highest BCUT2D eigenvalue weighted by Crippen LogP contribution is 2.57. The molecule has 0 spiro atoms. The summed E-state index contributed by atoms with van der Waals surface area (Å²) in [5, 5.41) is 1.92. The molecule has 4 aromatic carbocycles. The lowest BCUT2D eigenvalue weighted by molar-refractivity contribution is 0.739. The molecule has 0 bridgehead atoms. The van der Waals surface area contributed by atoms with Crippen LogP contribution in [0, 0.1) is 0 Å². The molecule has 1 nitrogen and oxygen atoms in total. The lowest BCUT2D eigenvalue weighted by atomic mass is 9.70. The smallest absolute Gasteiger partial charge is 0.0886 e. The first kappa shape index (κ1) is 17.4. The highest BCUT2D eigenvalue weighted by atomic mass is 35.5. The van der Waals surface area contributed by atoms with Gasteiger partial charge >= 0.3 is 0 Å². The zero-order valence-corrected chi connectivity index (χ0v) is 17.0. The largest absolute Gasteiger partial charge is 0.251 e. The first-order chi connectivity index (χ1) is 14.8. The lowest BCUT2D eigenvalue weighted by Crippen LogP contribution is -2.29. The minimum atomic E-state index is -0.512. The van der Waals surface area contributed by atoms with Gasteiger partial charge in [0, 0.05) is 16.0 Å². The van der Waals surface area contributed by atoms with Crippen LogP contribution < -0.4 is 0 Å². The number of pyridine rings is 1. The van der Waals surface area contributed by atoms with Crippen molar-refractivity contribution < 1.29 is 0 Å².